The molecular formula is C27H34N4O4. The Bertz CT molecular complexity index is 1050. The van der Waals surface area contributed by atoms with Gasteiger partial charge in [-0.1, -0.05) is 18.2 Å². The SMILES string of the molecule is CC(N)C(=O)NCCCOc1ccc(C(=O)N2CCC(N3C(=O)CCc4ccccc43)CC2)cc1. The Morgan fingerprint density at radius 3 is 2.51 bits per heavy atom. The quantitative estimate of drug-likeness (QED) is 0.567. The molecule has 2 aromatic carbocycles. The van der Waals surface area contributed by atoms with Gasteiger partial charge in [-0.2, -0.15) is 0 Å². The molecule has 1 atom stereocenters. The zero-order valence-corrected chi connectivity index (χ0v) is 20.2. The number of ether oxygens (including phenoxy) is 1. The number of fused-ring (bicyclic) bond motifs is 1. The second-order valence-corrected chi connectivity index (χ2v) is 9.22. The van der Waals surface area contributed by atoms with Gasteiger partial charge in [-0.15, -0.1) is 0 Å². The van der Waals surface area contributed by atoms with E-state index >= 15 is 0 Å². The normalized spacial score (nSPS) is 17.0. The highest BCUT2D eigenvalue weighted by atomic mass is 16.5. The van der Waals surface area contributed by atoms with Crippen molar-refractivity contribution in [3.05, 3.63) is 59.7 Å². The van der Waals surface area contributed by atoms with E-state index in [-0.39, 0.29) is 23.8 Å². The molecule has 186 valence electrons. The molecule has 0 aliphatic carbocycles. The fourth-order valence-electron chi connectivity index (χ4n) is 4.69. The Labute approximate surface area is 206 Å². The van der Waals surface area contributed by atoms with Gasteiger partial charge >= 0.3 is 0 Å². The molecule has 4 rings (SSSR count). The number of rotatable bonds is 8. The number of anilines is 1. The number of hydrogen-bond acceptors (Lipinski definition) is 5. The molecule has 2 aliphatic heterocycles. The van der Waals surface area contributed by atoms with Gasteiger partial charge in [0.2, 0.25) is 11.8 Å². The van der Waals surface area contributed by atoms with Crippen LogP contribution >= 0.6 is 0 Å². The monoisotopic (exact) mass is 478 g/mol. The van der Waals surface area contributed by atoms with Crippen LogP contribution in [-0.2, 0) is 16.0 Å². The lowest BCUT2D eigenvalue weighted by atomic mass is 9.95. The minimum Gasteiger partial charge on any atom is -0.494 e. The van der Waals surface area contributed by atoms with Gasteiger partial charge in [0, 0.05) is 43.3 Å². The van der Waals surface area contributed by atoms with Crippen molar-refractivity contribution in [2.75, 3.05) is 31.1 Å². The predicted molar refractivity (Wildman–Crippen MR) is 134 cm³/mol. The molecule has 3 amide bonds. The standard InChI is InChI=1S/C27H34N4O4/c1-19(28)26(33)29-15-4-18-35-23-10-7-21(8-11-23)27(34)30-16-13-22(14-17-30)31-24-6-3-2-5-20(24)9-12-25(31)32/h2-3,5-8,10-11,19,22H,4,9,12-18,28H2,1H3,(H,29,33). The van der Waals surface area contributed by atoms with E-state index in [1.165, 1.54) is 5.56 Å². The Balaban J connectivity index is 1.25. The minimum absolute atomic E-state index is 0.000937. The molecule has 1 saturated heterocycles. The van der Waals surface area contributed by atoms with Crippen LogP contribution in [0.4, 0.5) is 5.69 Å². The summed E-state index contributed by atoms with van der Waals surface area (Å²) in [6.07, 6.45) is 3.55. The summed E-state index contributed by atoms with van der Waals surface area (Å²) in [7, 11) is 0. The van der Waals surface area contributed by atoms with Gasteiger partial charge in [0.25, 0.3) is 5.91 Å². The van der Waals surface area contributed by atoms with Crippen molar-refractivity contribution in [2.24, 2.45) is 5.73 Å². The first kappa shape index (κ1) is 24.7. The fourth-order valence-corrected chi connectivity index (χ4v) is 4.69. The summed E-state index contributed by atoms with van der Waals surface area (Å²) in [6.45, 7) is 3.85. The molecule has 0 saturated carbocycles. The molecule has 35 heavy (non-hydrogen) atoms. The molecule has 8 nitrogen and oxygen atoms in total. The second kappa shape index (κ2) is 11.4. The van der Waals surface area contributed by atoms with Crippen molar-refractivity contribution in [1.29, 1.82) is 0 Å². The summed E-state index contributed by atoms with van der Waals surface area (Å²) >= 11 is 0. The molecule has 3 N–H and O–H groups in total. The van der Waals surface area contributed by atoms with Crippen LogP contribution in [0, 0.1) is 0 Å². The summed E-state index contributed by atoms with van der Waals surface area (Å²) in [6, 6.07) is 14.9. The van der Waals surface area contributed by atoms with Gasteiger partial charge in [-0.3, -0.25) is 14.4 Å². The summed E-state index contributed by atoms with van der Waals surface area (Å²) in [4.78, 5) is 41.0. The molecule has 0 radical (unpaired) electrons. The first-order chi connectivity index (χ1) is 16.9. The van der Waals surface area contributed by atoms with Crippen molar-refractivity contribution in [3.63, 3.8) is 0 Å². The molecule has 8 heteroatoms. The van der Waals surface area contributed by atoms with Crippen molar-refractivity contribution in [3.8, 4) is 5.75 Å². The topological polar surface area (TPSA) is 105 Å². The maximum Gasteiger partial charge on any atom is 0.253 e. The van der Waals surface area contributed by atoms with E-state index in [1.54, 1.807) is 31.2 Å². The van der Waals surface area contributed by atoms with E-state index in [1.807, 2.05) is 28.0 Å². The molecule has 1 unspecified atom stereocenters. The van der Waals surface area contributed by atoms with Crippen LogP contribution in [0.1, 0.15) is 48.5 Å². The Morgan fingerprint density at radius 1 is 1.09 bits per heavy atom. The largest absolute Gasteiger partial charge is 0.494 e. The predicted octanol–water partition coefficient (Wildman–Crippen LogP) is 2.50. The van der Waals surface area contributed by atoms with Crippen LogP contribution in [0.25, 0.3) is 0 Å². The third-order valence-electron chi connectivity index (χ3n) is 6.65. The number of nitrogens with zero attached hydrogens (tertiary/aromatic N) is 2. The van der Waals surface area contributed by atoms with E-state index in [0.29, 0.717) is 50.4 Å². The zero-order chi connectivity index (χ0) is 24.8. The van der Waals surface area contributed by atoms with Gasteiger partial charge in [-0.05, 0) is 68.5 Å². The highest BCUT2D eigenvalue weighted by Gasteiger charge is 2.33. The number of carbonyl (C=O) groups is 3. The van der Waals surface area contributed by atoms with Crippen LogP contribution in [0.3, 0.4) is 0 Å². The van der Waals surface area contributed by atoms with Crippen molar-refractivity contribution >= 4 is 23.4 Å². The third kappa shape index (κ3) is 6.00. The summed E-state index contributed by atoms with van der Waals surface area (Å²) < 4.78 is 5.70. The number of aryl methyl sites for hydroxylation is 1. The molecule has 0 aromatic heterocycles. The summed E-state index contributed by atoms with van der Waals surface area (Å²) in [5.41, 5.74) is 8.39. The zero-order valence-electron chi connectivity index (χ0n) is 20.2. The minimum atomic E-state index is -0.518. The molecular weight excluding hydrogens is 444 g/mol. The van der Waals surface area contributed by atoms with Crippen molar-refractivity contribution in [1.82, 2.24) is 10.2 Å². The van der Waals surface area contributed by atoms with E-state index < -0.39 is 6.04 Å². The van der Waals surface area contributed by atoms with Gasteiger partial charge in [0.1, 0.15) is 5.75 Å². The van der Waals surface area contributed by atoms with Crippen LogP contribution in [0.2, 0.25) is 0 Å². The van der Waals surface area contributed by atoms with Crippen LogP contribution in [-0.4, -0.2) is 60.9 Å². The number of hydrogen-bond donors (Lipinski definition) is 2. The molecule has 2 heterocycles. The Hall–Kier alpha value is -3.39. The average molecular weight is 479 g/mol. The average Bonchev–Trinajstić information content (AvgIpc) is 2.88. The van der Waals surface area contributed by atoms with Gasteiger partial charge in [0.05, 0.1) is 12.6 Å². The lowest BCUT2D eigenvalue weighted by Crippen LogP contribution is -2.50. The maximum atomic E-state index is 13.0. The van der Waals surface area contributed by atoms with E-state index in [2.05, 4.69) is 11.4 Å². The third-order valence-corrected chi connectivity index (χ3v) is 6.65. The molecule has 0 spiro atoms. The van der Waals surface area contributed by atoms with E-state index in [9.17, 15) is 14.4 Å². The molecule has 0 bridgehead atoms. The van der Waals surface area contributed by atoms with Crippen LogP contribution in [0.15, 0.2) is 48.5 Å². The maximum absolute atomic E-state index is 13.0. The van der Waals surface area contributed by atoms with Crippen molar-refractivity contribution < 1.29 is 19.1 Å². The van der Waals surface area contributed by atoms with Crippen LogP contribution in [0.5, 0.6) is 5.75 Å². The lowest BCUT2D eigenvalue weighted by Gasteiger charge is -2.41. The molecule has 2 aromatic rings. The molecule has 1 fully saturated rings. The summed E-state index contributed by atoms with van der Waals surface area (Å²) in [5, 5.41) is 2.74. The number of nitrogens with two attached hydrogens (primary N) is 1. The fraction of sp³-hybridized carbons (Fsp3) is 0.444. The first-order valence-electron chi connectivity index (χ1n) is 12.4. The number of para-hydroxylation sites is 1. The van der Waals surface area contributed by atoms with Gasteiger partial charge < -0.3 is 25.6 Å². The highest BCUT2D eigenvalue weighted by Crippen LogP contribution is 2.32. The number of piperidine rings is 1. The van der Waals surface area contributed by atoms with E-state index in [4.69, 9.17) is 10.5 Å². The van der Waals surface area contributed by atoms with Crippen molar-refractivity contribution in [2.45, 2.75) is 51.1 Å². The number of nitrogens with one attached hydrogen (secondary N) is 1. The molecule has 2 aliphatic rings. The highest BCUT2D eigenvalue weighted by molar-refractivity contribution is 5.97. The number of carbonyl (C=O) groups excluding carboxylic acids is 3. The summed E-state index contributed by atoms with van der Waals surface area (Å²) in [5.74, 6) is 0.685. The second-order valence-electron chi connectivity index (χ2n) is 9.22. The number of amides is 3. The number of benzene rings is 2. The Morgan fingerprint density at radius 2 is 1.80 bits per heavy atom. The van der Waals surface area contributed by atoms with E-state index in [0.717, 1.165) is 24.9 Å². The smallest absolute Gasteiger partial charge is 0.253 e. The lowest BCUT2D eigenvalue weighted by molar-refractivity contribution is -0.122. The van der Waals surface area contributed by atoms with Gasteiger partial charge in [-0.25, -0.2) is 0 Å². The van der Waals surface area contributed by atoms with Gasteiger partial charge in [0.15, 0.2) is 0 Å². The van der Waals surface area contributed by atoms with Crippen LogP contribution < -0.4 is 20.7 Å². The number of likely N-dealkylation sites (tertiary alicyclic amines) is 1. The Kier molecular flexibility index (Phi) is 8.02. The first-order valence-corrected chi connectivity index (χ1v) is 12.4.